The minimum Gasteiger partial charge on any atom is -0.476 e. The minimum absolute atomic E-state index is 0.0794. The molecule has 0 radical (unpaired) electrons. The first-order valence-electron chi connectivity index (χ1n) is 6.09. The molecule has 0 saturated heterocycles. The van der Waals surface area contributed by atoms with Crippen molar-refractivity contribution in [2.45, 2.75) is 13.8 Å². The maximum atomic E-state index is 11.4. The second kappa shape index (κ2) is 4.41. The van der Waals surface area contributed by atoms with Crippen molar-refractivity contribution in [1.82, 2.24) is 19.7 Å². The maximum Gasteiger partial charge on any atom is 0.358 e. The Balaban J connectivity index is 2.45. The van der Waals surface area contributed by atoms with Gasteiger partial charge < -0.3 is 9.67 Å². The summed E-state index contributed by atoms with van der Waals surface area (Å²) in [6.07, 6.45) is 1.61. The molecule has 0 aliphatic rings. The van der Waals surface area contributed by atoms with Crippen LogP contribution in [0.3, 0.4) is 0 Å². The number of aryl methyl sites for hydroxylation is 1. The van der Waals surface area contributed by atoms with Gasteiger partial charge in [0.2, 0.25) is 0 Å². The molecule has 1 N–H and O–H groups in total. The lowest BCUT2D eigenvalue weighted by Crippen LogP contribution is -2.11. The van der Waals surface area contributed by atoms with E-state index in [1.807, 2.05) is 32.0 Å². The first-order chi connectivity index (χ1) is 9.59. The molecule has 0 aliphatic carbocycles. The van der Waals surface area contributed by atoms with Crippen LogP contribution in [-0.4, -0.2) is 30.8 Å². The van der Waals surface area contributed by atoms with Gasteiger partial charge >= 0.3 is 5.97 Å². The van der Waals surface area contributed by atoms with Gasteiger partial charge in [0.05, 0.1) is 23.2 Å². The largest absolute Gasteiger partial charge is 0.476 e. The third-order valence-corrected chi connectivity index (χ3v) is 3.34. The quantitative estimate of drug-likeness (QED) is 0.770. The van der Waals surface area contributed by atoms with Crippen LogP contribution in [0.25, 0.3) is 16.6 Å². The second-order valence-electron chi connectivity index (χ2n) is 4.50. The molecule has 3 rings (SSSR count). The van der Waals surface area contributed by atoms with Gasteiger partial charge in [-0.1, -0.05) is 18.2 Å². The molecule has 0 atom stereocenters. The molecule has 100 valence electrons. The Morgan fingerprint density at radius 1 is 1.20 bits per heavy atom. The SMILES string of the molecule is Cc1ncn(-c2c(C(=O)O)nnc3ccccc23)c1C. The van der Waals surface area contributed by atoms with Crippen molar-refractivity contribution in [3.05, 3.63) is 47.7 Å². The molecular weight excluding hydrogens is 256 g/mol. The Morgan fingerprint density at radius 3 is 2.60 bits per heavy atom. The van der Waals surface area contributed by atoms with Crippen molar-refractivity contribution in [3.8, 4) is 5.69 Å². The van der Waals surface area contributed by atoms with Gasteiger partial charge in [0.1, 0.15) is 0 Å². The fourth-order valence-corrected chi connectivity index (χ4v) is 2.15. The lowest BCUT2D eigenvalue weighted by molar-refractivity contribution is 0.0689. The molecule has 0 saturated carbocycles. The zero-order valence-electron chi connectivity index (χ0n) is 11.0. The molecule has 2 heterocycles. The average molecular weight is 268 g/mol. The topological polar surface area (TPSA) is 80.9 Å². The highest BCUT2D eigenvalue weighted by Gasteiger charge is 2.19. The molecular formula is C14H12N4O2. The Kier molecular flexibility index (Phi) is 2.71. The van der Waals surface area contributed by atoms with E-state index in [0.717, 1.165) is 16.8 Å². The van der Waals surface area contributed by atoms with Crippen LogP contribution >= 0.6 is 0 Å². The fourth-order valence-electron chi connectivity index (χ4n) is 2.15. The van der Waals surface area contributed by atoms with Gasteiger partial charge in [-0.3, -0.25) is 0 Å². The van der Waals surface area contributed by atoms with E-state index in [1.54, 1.807) is 17.0 Å². The number of benzene rings is 1. The standard InChI is InChI=1S/C14H12N4O2/c1-8-9(2)18(7-15-8)13-10-5-3-4-6-11(10)16-17-12(13)14(19)20/h3-7H,1-2H3,(H,19,20). The number of carboxylic acid groups (broad SMARTS) is 1. The van der Waals surface area contributed by atoms with E-state index in [1.165, 1.54) is 0 Å². The lowest BCUT2D eigenvalue weighted by Gasteiger charge is -2.11. The molecule has 3 aromatic rings. The van der Waals surface area contributed by atoms with E-state index in [2.05, 4.69) is 15.2 Å². The van der Waals surface area contributed by atoms with Crippen LogP contribution in [0, 0.1) is 13.8 Å². The Labute approximate surface area is 114 Å². The van der Waals surface area contributed by atoms with E-state index in [9.17, 15) is 9.90 Å². The molecule has 1 aromatic carbocycles. The van der Waals surface area contributed by atoms with Gasteiger partial charge in [0.25, 0.3) is 0 Å². The number of carbonyl (C=O) groups is 1. The number of hydrogen-bond donors (Lipinski definition) is 1. The van der Waals surface area contributed by atoms with E-state index in [0.29, 0.717) is 11.2 Å². The first kappa shape index (κ1) is 12.3. The number of imidazole rings is 1. The molecule has 2 aromatic heterocycles. The molecule has 6 heteroatoms. The van der Waals surface area contributed by atoms with E-state index < -0.39 is 5.97 Å². The molecule has 0 amide bonds. The number of aromatic nitrogens is 4. The van der Waals surface area contributed by atoms with Gasteiger partial charge in [-0.05, 0) is 19.9 Å². The number of fused-ring (bicyclic) bond motifs is 1. The number of aromatic carboxylic acids is 1. The summed E-state index contributed by atoms with van der Waals surface area (Å²) >= 11 is 0. The average Bonchev–Trinajstić information content (AvgIpc) is 2.77. The van der Waals surface area contributed by atoms with Crippen LogP contribution < -0.4 is 0 Å². The summed E-state index contributed by atoms with van der Waals surface area (Å²) in [6, 6.07) is 7.32. The van der Waals surface area contributed by atoms with E-state index in [-0.39, 0.29) is 5.69 Å². The summed E-state index contributed by atoms with van der Waals surface area (Å²) in [7, 11) is 0. The van der Waals surface area contributed by atoms with Crippen LogP contribution in [0.15, 0.2) is 30.6 Å². The van der Waals surface area contributed by atoms with Gasteiger partial charge in [-0.25, -0.2) is 9.78 Å². The lowest BCUT2D eigenvalue weighted by atomic mass is 10.1. The normalized spacial score (nSPS) is 10.9. The van der Waals surface area contributed by atoms with Gasteiger partial charge in [0, 0.05) is 11.1 Å². The summed E-state index contributed by atoms with van der Waals surface area (Å²) in [5.41, 5.74) is 2.80. The van der Waals surface area contributed by atoms with Crippen molar-refractivity contribution >= 4 is 16.9 Å². The van der Waals surface area contributed by atoms with E-state index >= 15 is 0 Å². The summed E-state index contributed by atoms with van der Waals surface area (Å²) in [5.74, 6) is -1.11. The van der Waals surface area contributed by atoms with Crippen molar-refractivity contribution < 1.29 is 9.90 Å². The number of carboxylic acids is 1. The van der Waals surface area contributed by atoms with E-state index in [4.69, 9.17) is 0 Å². The summed E-state index contributed by atoms with van der Waals surface area (Å²) < 4.78 is 1.75. The third-order valence-electron chi connectivity index (χ3n) is 3.34. The van der Waals surface area contributed by atoms with Crippen molar-refractivity contribution in [1.29, 1.82) is 0 Å². The Morgan fingerprint density at radius 2 is 1.95 bits per heavy atom. The highest BCUT2D eigenvalue weighted by molar-refractivity contribution is 5.98. The first-order valence-corrected chi connectivity index (χ1v) is 6.09. The molecule has 0 aliphatic heterocycles. The number of hydrogen-bond acceptors (Lipinski definition) is 4. The Bertz CT molecular complexity index is 823. The number of rotatable bonds is 2. The molecule has 0 fully saturated rings. The van der Waals surface area contributed by atoms with Crippen LogP contribution in [0.4, 0.5) is 0 Å². The zero-order chi connectivity index (χ0) is 14.3. The van der Waals surface area contributed by atoms with Crippen LogP contribution in [-0.2, 0) is 0 Å². The molecule has 0 unspecified atom stereocenters. The van der Waals surface area contributed by atoms with Crippen LogP contribution in [0.1, 0.15) is 21.9 Å². The van der Waals surface area contributed by atoms with Gasteiger partial charge in [0.15, 0.2) is 5.69 Å². The van der Waals surface area contributed by atoms with Crippen molar-refractivity contribution in [2.75, 3.05) is 0 Å². The summed E-state index contributed by atoms with van der Waals surface area (Å²) in [5, 5.41) is 17.9. The highest BCUT2D eigenvalue weighted by Crippen LogP contribution is 2.25. The molecule has 0 spiro atoms. The summed E-state index contributed by atoms with van der Waals surface area (Å²) in [4.78, 5) is 15.6. The molecule has 20 heavy (non-hydrogen) atoms. The fraction of sp³-hybridized carbons (Fsp3) is 0.143. The highest BCUT2D eigenvalue weighted by atomic mass is 16.4. The monoisotopic (exact) mass is 268 g/mol. The van der Waals surface area contributed by atoms with Gasteiger partial charge in [-0.2, -0.15) is 0 Å². The smallest absolute Gasteiger partial charge is 0.358 e. The molecule has 6 nitrogen and oxygen atoms in total. The van der Waals surface area contributed by atoms with Crippen molar-refractivity contribution in [2.24, 2.45) is 0 Å². The maximum absolute atomic E-state index is 11.4. The summed E-state index contributed by atoms with van der Waals surface area (Å²) in [6.45, 7) is 3.77. The zero-order valence-corrected chi connectivity index (χ0v) is 11.0. The second-order valence-corrected chi connectivity index (χ2v) is 4.50. The predicted octanol–water partition coefficient (Wildman–Crippen LogP) is 2.13. The number of nitrogens with zero attached hydrogens (tertiary/aromatic N) is 4. The molecule has 0 bridgehead atoms. The van der Waals surface area contributed by atoms with Gasteiger partial charge in [-0.15, -0.1) is 10.2 Å². The van der Waals surface area contributed by atoms with Crippen LogP contribution in [0.5, 0.6) is 0 Å². The predicted molar refractivity (Wildman–Crippen MR) is 73.1 cm³/mol. The Hall–Kier alpha value is -2.76. The van der Waals surface area contributed by atoms with Crippen molar-refractivity contribution in [3.63, 3.8) is 0 Å². The minimum atomic E-state index is -1.11. The third kappa shape index (κ3) is 1.73. The van der Waals surface area contributed by atoms with Crippen LogP contribution in [0.2, 0.25) is 0 Å².